The molecule has 3 fully saturated rings. The molecule has 9 heterocycles. The van der Waals surface area contributed by atoms with Gasteiger partial charge in [0.2, 0.25) is 0 Å². The van der Waals surface area contributed by atoms with Gasteiger partial charge in [-0.25, -0.2) is 44.9 Å². The number of amides is 3. The maximum absolute atomic E-state index is 12.9. The highest BCUT2D eigenvalue weighted by atomic mass is 35.5. The van der Waals surface area contributed by atoms with Gasteiger partial charge in [0.15, 0.2) is 0 Å². The second-order valence-electron chi connectivity index (χ2n) is 22.9. The number of halogens is 9. The van der Waals surface area contributed by atoms with Crippen molar-refractivity contribution in [1.29, 1.82) is 10.5 Å². The zero-order chi connectivity index (χ0) is 71.7. The van der Waals surface area contributed by atoms with Crippen LogP contribution in [0.4, 0.5) is 69.6 Å². The first-order valence-corrected chi connectivity index (χ1v) is 31.4. The third-order valence-corrected chi connectivity index (χ3v) is 15.7. The van der Waals surface area contributed by atoms with Gasteiger partial charge in [0.1, 0.15) is 53.7 Å². The number of carbonyl (C=O) groups excluding carboxylic acids is 3. The lowest BCUT2D eigenvalue weighted by Crippen LogP contribution is -2.43. The second-order valence-corrected chi connectivity index (χ2v) is 23.4. The minimum absolute atomic E-state index is 0.0501. The van der Waals surface area contributed by atoms with Gasteiger partial charge >= 0.3 is 18.3 Å². The number of hydrogen-bond donors (Lipinski definition) is 4. The van der Waals surface area contributed by atoms with E-state index in [1.54, 1.807) is 55.4 Å². The molecule has 3 amide bonds. The largest absolute Gasteiger partial charge is 0.573 e. The van der Waals surface area contributed by atoms with Crippen molar-refractivity contribution in [2.75, 3.05) is 69.9 Å². The van der Waals surface area contributed by atoms with Crippen molar-refractivity contribution >= 4 is 63.8 Å². The first kappa shape index (κ1) is 72.0. The molecule has 0 radical (unpaired) electrons. The Labute approximate surface area is 576 Å². The van der Waals surface area contributed by atoms with E-state index < -0.39 is 36.0 Å². The Morgan fingerprint density at radius 1 is 0.455 bits per heavy atom. The summed E-state index contributed by atoms with van der Waals surface area (Å²) >= 11 is 4.76. The first-order valence-electron chi connectivity index (χ1n) is 31.0. The summed E-state index contributed by atoms with van der Waals surface area (Å²) in [6.07, 6.45) is 14.0. The molecule has 0 unspecified atom stereocenters. The predicted octanol–water partition coefficient (Wildman–Crippen LogP) is 12.7. The predicted molar refractivity (Wildman–Crippen MR) is 354 cm³/mol. The summed E-state index contributed by atoms with van der Waals surface area (Å²) in [6, 6.07) is 24.8. The highest BCUT2D eigenvalue weighted by molar-refractivity contribution is 6.20. The number of ether oxygens (including phenoxy) is 3. The molecular formula is C68H59ClF8N18O6. The first-order chi connectivity index (χ1) is 48.4. The zero-order valence-electron chi connectivity index (χ0n) is 53.0. The summed E-state index contributed by atoms with van der Waals surface area (Å²) in [5.41, 5.74) is 8.14. The van der Waals surface area contributed by atoms with Crippen LogP contribution in [0.3, 0.4) is 0 Å². The van der Waals surface area contributed by atoms with E-state index in [2.05, 4.69) is 92.1 Å². The van der Waals surface area contributed by atoms with Crippen LogP contribution in [0, 0.1) is 34.5 Å². The number of rotatable bonds is 16. The molecule has 33 heteroatoms. The molecule has 0 saturated carbocycles. The molecule has 3 atom stereocenters. The van der Waals surface area contributed by atoms with E-state index in [4.69, 9.17) is 17.3 Å². The molecule has 6 aromatic heterocycles. The van der Waals surface area contributed by atoms with Gasteiger partial charge in [-0.2, -0.15) is 10.5 Å². The van der Waals surface area contributed by atoms with E-state index in [0.29, 0.717) is 87.5 Å². The maximum Gasteiger partial charge on any atom is 0.573 e. The average molecular weight is 1410 g/mol. The third kappa shape index (κ3) is 20.7. The van der Waals surface area contributed by atoms with Crippen molar-refractivity contribution in [3.63, 3.8) is 0 Å². The maximum atomic E-state index is 12.9. The van der Waals surface area contributed by atoms with E-state index in [0.717, 1.165) is 88.0 Å². The van der Waals surface area contributed by atoms with Crippen LogP contribution in [-0.4, -0.2) is 126 Å². The number of aromatic nitrogens is 9. The summed E-state index contributed by atoms with van der Waals surface area (Å²) in [5, 5.41) is 26.7. The van der Waals surface area contributed by atoms with E-state index >= 15 is 0 Å². The molecular weight excluding hydrogens is 1350 g/mol. The Morgan fingerprint density at radius 3 is 1.04 bits per heavy atom. The normalized spacial score (nSPS) is 16.1. The van der Waals surface area contributed by atoms with Crippen molar-refractivity contribution in [2.45, 2.75) is 62.9 Å². The van der Waals surface area contributed by atoms with Gasteiger partial charge in [0.25, 0.3) is 17.7 Å². The summed E-state index contributed by atoms with van der Waals surface area (Å²) in [4.78, 5) is 82.7. The molecule has 12 rings (SSSR count). The van der Waals surface area contributed by atoms with Crippen LogP contribution >= 0.6 is 11.6 Å². The summed E-state index contributed by atoms with van der Waals surface area (Å²) in [5.74, 6) is -0.570. The monoisotopic (exact) mass is 1410 g/mol. The summed E-state index contributed by atoms with van der Waals surface area (Å²) in [7, 11) is 0. The fourth-order valence-electron chi connectivity index (χ4n) is 11.0. The van der Waals surface area contributed by atoms with Gasteiger partial charge in [-0.15, -0.1) is 35.1 Å². The molecule has 5 N–H and O–H groups in total. The number of pyridine rings is 3. The Morgan fingerprint density at radius 2 is 0.752 bits per heavy atom. The number of piperidine rings is 3. The fraction of sp³-hybridized carbons (Fsp3) is 0.265. The SMILES string of the molecule is N#C[C@@H]1CCCN(c2ncc(C(=O)Nc3ccc(OC(F)(F)F)cc3)cc2-c2cncnc2)C1.N#C[C@H]1CCCN(c2ncc(C(=O)Nc3ccc(OC(F)(F)F)cc3)cc2-c2cncnc2)C1.N[C@@H]1CCCN(c2ncc(C(=O)Nc3ccc(OC(F)(F)Cl)cc3)cc2-c2cncnc2)C1. The number of nitriles is 2. The molecule has 0 spiro atoms. The standard InChI is InChI=1S/2C23H19F3N6O2.C22H21ClF2N6O2/c2*24-23(25,26)34-19-5-3-18(4-6-19)31-22(33)16-8-20(17-10-28-14-29-11-17)21(30-12-16)32-7-1-2-15(9-27)13-32;23-22(24,25)33-18-5-3-17(4-6-18)30-21(32)14-8-19(15-9-27-13-28-10-15)20(29-11-14)31-7-1-2-16(26)12-31/h2*3-6,8,10-12,14-15H,1-2,7,13H2,(H,31,33);3-6,8-11,13,16H,1-2,7,12,26H2,(H,30,32)/t2*15-;16-/m101/s1. The molecule has 3 saturated heterocycles. The molecule has 24 nitrogen and oxygen atoms in total. The van der Waals surface area contributed by atoms with Crippen LogP contribution in [-0.2, 0) is 0 Å². The van der Waals surface area contributed by atoms with Gasteiger partial charge in [-0.1, -0.05) is 0 Å². The van der Waals surface area contributed by atoms with Gasteiger partial charge in [0, 0.05) is 163 Å². The number of nitrogens with one attached hydrogen (secondary N) is 3. The van der Waals surface area contributed by atoms with Gasteiger partial charge < -0.3 is 50.6 Å². The number of carbonyl (C=O) groups is 3. The van der Waals surface area contributed by atoms with Crippen molar-refractivity contribution in [2.24, 2.45) is 17.6 Å². The lowest BCUT2D eigenvalue weighted by atomic mass is 9.98. The molecule has 3 aliphatic rings. The van der Waals surface area contributed by atoms with Crippen molar-refractivity contribution < 1.29 is 63.7 Å². The second kappa shape index (κ2) is 32.7. The number of hydrogen-bond acceptors (Lipinski definition) is 21. The van der Waals surface area contributed by atoms with Crippen LogP contribution < -0.4 is 50.6 Å². The number of alkyl halides is 9. The van der Waals surface area contributed by atoms with E-state index in [1.807, 2.05) is 9.80 Å². The van der Waals surface area contributed by atoms with E-state index in [-0.39, 0.29) is 46.3 Å². The van der Waals surface area contributed by atoms with Crippen LogP contribution in [0.25, 0.3) is 33.4 Å². The topological polar surface area (TPSA) is 314 Å². The Bertz CT molecular complexity index is 4200. The Kier molecular flexibility index (Phi) is 23.3. The van der Waals surface area contributed by atoms with E-state index in [9.17, 15) is 60.0 Å². The Balaban J connectivity index is 0.000000163. The molecule has 3 aromatic carbocycles. The minimum Gasteiger partial charge on any atom is -0.420 e. The van der Waals surface area contributed by atoms with Crippen LogP contribution in [0.2, 0.25) is 0 Å². The minimum atomic E-state index is -4.79. The van der Waals surface area contributed by atoms with Gasteiger partial charge in [-0.3, -0.25) is 14.4 Å². The molecule has 0 bridgehead atoms. The van der Waals surface area contributed by atoms with Crippen LogP contribution in [0.15, 0.2) is 166 Å². The third-order valence-electron chi connectivity index (χ3n) is 15.6. The fourth-order valence-corrected chi connectivity index (χ4v) is 11.1. The molecule has 3 aliphatic heterocycles. The summed E-state index contributed by atoms with van der Waals surface area (Å²) < 4.78 is 111. The van der Waals surface area contributed by atoms with Crippen LogP contribution in [0.5, 0.6) is 17.2 Å². The Hall–Kier alpha value is -11.8. The number of benzene rings is 3. The number of nitrogens with two attached hydrogens (primary N) is 1. The van der Waals surface area contributed by atoms with Crippen LogP contribution in [0.1, 0.15) is 69.6 Å². The van der Waals surface area contributed by atoms with E-state index in [1.165, 1.54) is 86.1 Å². The highest BCUT2D eigenvalue weighted by Crippen LogP contribution is 2.37. The lowest BCUT2D eigenvalue weighted by Gasteiger charge is -2.33. The number of anilines is 6. The number of nitrogens with zero attached hydrogens (tertiary/aromatic N) is 14. The average Bonchev–Trinajstić information content (AvgIpc) is 0.807. The molecule has 0 aliphatic carbocycles. The quantitative estimate of drug-likeness (QED) is 0.0516. The van der Waals surface area contributed by atoms with Gasteiger partial charge in [-0.05, 0) is 130 Å². The van der Waals surface area contributed by atoms with Crippen molar-refractivity contribution in [3.05, 3.63) is 182 Å². The lowest BCUT2D eigenvalue weighted by molar-refractivity contribution is -0.275. The molecule has 520 valence electrons. The van der Waals surface area contributed by atoms with Crippen molar-refractivity contribution in [3.8, 4) is 62.8 Å². The van der Waals surface area contributed by atoms with Crippen molar-refractivity contribution in [1.82, 2.24) is 44.9 Å². The smallest absolute Gasteiger partial charge is 0.420 e. The highest BCUT2D eigenvalue weighted by Gasteiger charge is 2.33. The zero-order valence-corrected chi connectivity index (χ0v) is 53.8. The molecule has 101 heavy (non-hydrogen) atoms. The summed E-state index contributed by atoms with van der Waals surface area (Å²) in [6.45, 7) is 3.98. The molecule has 9 aromatic rings. The van der Waals surface area contributed by atoms with Gasteiger partial charge in [0.05, 0.1) is 40.7 Å².